The Hall–Kier alpha value is -2.59. The van der Waals surface area contributed by atoms with Crippen LogP contribution in [0.2, 0.25) is 0 Å². The summed E-state index contributed by atoms with van der Waals surface area (Å²) >= 11 is 0. The average Bonchev–Trinajstić information content (AvgIpc) is 2.68. The summed E-state index contributed by atoms with van der Waals surface area (Å²) in [5.74, 6) is -0.333. The number of sulfonamides is 1. The zero-order chi connectivity index (χ0) is 21.2. The SMILES string of the molecule is CN1CCN(C(=O)c2ccccc2NS(=O)(=O)c2cccc(C(F)(F)F)c2)CC1. The zero-order valence-corrected chi connectivity index (χ0v) is 16.4. The molecule has 156 valence electrons. The molecular formula is C19H20F3N3O3S. The first-order valence-electron chi connectivity index (χ1n) is 8.85. The quantitative estimate of drug-likeness (QED) is 0.815. The van der Waals surface area contributed by atoms with Crippen molar-refractivity contribution in [2.24, 2.45) is 0 Å². The Labute approximate surface area is 167 Å². The van der Waals surface area contributed by atoms with E-state index in [0.717, 1.165) is 18.2 Å². The molecule has 2 aromatic rings. The van der Waals surface area contributed by atoms with E-state index in [4.69, 9.17) is 0 Å². The molecule has 1 fully saturated rings. The molecule has 3 rings (SSSR count). The molecule has 1 amide bonds. The van der Waals surface area contributed by atoms with E-state index in [0.29, 0.717) is 32.2 Å². The van der Waals surface area contributed by atoms with Gasteiger partial charge in [-0.05, 0) is 37.4 Å². The van der Waals surface area contributed by atoms with E-state index in [9.17, 15) is 26.4 Å². The summed E-state index contributed by atoms with van der Waals surface area (Å²) in [5.41, 5.74) is -0.899. The van der Waals surface area contributed by atoms with Gasteiger partial charge < -0.3 is 9.80 Å². The largest absolute Gasteiger partial charge is 0.416 e. The minimum atomic E-state index is -4.67. The lowest BCUT2D eigenvalue weighted by Crippen LogP contribution is -2.47. The zero-order valence-electron chi connectivity index (χ0n) is 15.6. The van der Waals surface area contributed by atoms with Crippen LogP contribution in [0, 0.1) is 0 Å². The number of carbonyl (C=O) groups excluding carboxylic acids is 1. The highest BCUT2D eigenvalue weighted by Crippen LogP contribution is 2.31. The molecule has 0 saturated carbocycles. The van der Waals surface area contributed by atoms with Gasteiger partial charge in [0.1, 0.15) is 0 Å². The maximum atomic E-state index is 12.9. The summed E-state index contributed by atoms with van der Waals surface area (Å²) in [7, 11) is -2.38. The van der Waals surface area contributed by atoms with E-state index in [1.165, 1.54) is 12.1 Å². The molecule has 1 aliphatic heterocycles. The average molecular weight is 427 g/mol. The first-order chi connectivity index (χ1) is 13.6. The van der Waals surface area contributed by atoms with Crippen LogP contribution in [0.3, 0.4) is 0 Å². The second kappa shape index (κ2) is 8.03. The molecule has 0 spiro atoms. The molecule has 0 aromatic heterocycles. The predicted molar refractivity (Wildman–Crippen MR) is 102 cm³/mol. The van der Waals surface area contributed by atoms with Crippen LogP contribution in [0.1, 0.15) is 15.9 Å². The van der Waals surface area contributed by atoms with Crippen molar-refractivity contribution in [1.29, 1.82) is 0 Å². The molecule has 0 bridgehead atoms. The van der Waals surface area contributed by atoms with E-state index in [2.05, 4.69) is 9.62 Å². The molecule has 29 heavy (non-hydrogen) atoms. The van der Waals surface area contributed by atoms with E-state index < -0.39 is 26.7 Å². The Bertz CT molecular complexity index is 1000. The molecule has 1 aliphatic rings. The molecule has 6 nitrogen and oxygen atoms in total. The van der Waals surface area contributed by atoms with Crippen LogP contribution in [-0.4, -0.2) is 57.4 Å². The van der Waals surface area contributed by atoms with Gasteiger partial charge in [-0.3, -0.25) is 9.52 Å². The Morgan fingerprint density at radius 3 is 2.31 bits per heavy atom. The van der Waals surface area contributed by atoms with Gasteiger partial charge >= 0.3 is 6.18 Å². The van der Waals surface area contributed by atoms with Gasteiger partial charge in [0, 0.05) is 26.2 Å². The number of para-hydroxylation sites is 1. The van der Waals surface area contributed by atoms with Gasteiger partial charge in [0.05, 0.1) is 21.7 Å². The molecule has 0 aliphatic carbocycles. The van der Waals surface area contributed by atoms with Gasteiger partial charge in [0.15, 0.2) is 0 Å². The number of hydrogen-bond acceptors (Lipinski definition) is 4. The summed E-state index contributed by atoms with van der Waals surface area (Å²) in [4.78, 5) is 16.0. The Kier molecular flexibility index (Phi) is 5.85. The fourth-order valence-corrected chi connectivity index (χ4v) is 4.11. The number of hydrogen-bond donors (Lipinski definition) is 1. The second-order valence-electron chi connectivity index (χ2n) is 6.77. The normalized spacial score (nSPS) is 15.9. The van der Waals surface area contributed by atoms with Crippen molar-refractivity contribution in [3.8, 4) is 0 Å². The third kappa shape index (κ3) is 4.88. The lowest BCUT2D eigenvalue weighted by atomic mass is 10.1. The highest BCUT2D eigenvalue weighted by atomic mass is 32.2. The van der Waals surface area contributed by atoms with Crippen LogP contribution in [0.4, 0.5) is 18.9 Å². The third-order valence-corrected chi connectivity index (χ3v) is 6.03. The van der Waals surface area contributed by atoms with Crippen LogP contribution in [0.15, 0.2) is 53.4 Å². The minimum Gasteiger partial charge on any atom is -0.336 e. The van der Waals surface area contributed by atoms with Crippen molar-refractivity contribution in [3.63, 3.8) is 0 Å². The van der Waals surface area contributed by atoms with Gasteiger partial charge in [-0.25, -0.2) is 8.42 Å². The van der Waals surface area contributed by atoms with Gasteiger partial charge in [0.2, 0.25) is 0 Å². The number of halogens is 3. The molecule has 1 heterocycles. The molecule has 1 N–H and O–H groups in total. The Balaban J connectivity index is 1.88. The number of nitrogens with zero attached hydrogens (tertiary/aromatic N) is 2. The first-order valence-corrected chi connectivity index (χ1v) is 10.3. The van der Waals surface area contributed by atoms with Gasteiger partial charge in [-0.1, -0.05) is 18.2 Å². The number of nitrogens with one attached hydrogen (secondary N) is 1. The van der Waals surface area contributed by atoms with Crippen LogP contribution < -0.4 is 4.72 Å². The van der Waals surface area contributed by atoms with Crippen molar-refractivity contribution in [2.45, 2.75) is 11.1 Å². The number of amides is 1. The highest BCUT2D eigenvalue weighted by Gasteiger charge is 2.32. The Morgan fingerprint density at radius 1 is 1.00 bits per heavy atom. The number of rotatable bonds is 4. The number of alkyl halides is 3. The predicted octanol–water partition coefficient (Wildman–Crippen LogP) is 2.89. The van der Waals surface area contributed by atoms with E-state index >= 15 is 0 Å². The van der Waals surface area contributed by atoms with Crippen molar-refractivity contribution in [3.05, 3.63) is 59.7 Å². The number of benzene rings is 2. The summed E-state index contributed by atoms with van der Waals surface area (Å²) in [6.45, 7) is 2.40. The molecule has 10 heteroatoms. The fraction of sp³-hybridized carbons (Fsp3) is 0.316. The maximum absolute atomic E-state index is 12.9. The van der Waals surface area contributed by atoms with E-state index in [1.807, 2.05) is 7.05 Å². The first kappa shape index (κ1) is 21.1. The topological polar surface area (TPSA) is 69.7 Å². The van der Waals surface area contributed by atoms with Gasteiger partial charge in [-0.15, -0.1) is 0 Å². The van der Waals surface area contributed by atoms with Crippen LogP contribution in [0.25, 0.3) is 0 Å². The van der Waals surface area contributed by atoms with Crippen LogP contribution in [0.5, 0.6) is 0 Å². The van der Waals surface area contributed by atoms with Gasteiger partial charge in [0.25, 0.3) is 15.9 Å². The highest BCUT2D eigenvalue weighted by molar-refractivity contribution is 7.92. The Morgan fingerprint density at radius 2 is 1.66 bits per heavy atom. The minimum absolute atomic E-state index is 0.0221. The van der Waals surface area contributed by atoms with Crippen molar-refractivity contribution in [1.82, 2.24) is 9.80 Å². The monoisotopic (exact) mass is 427 g/mol. The molecule has 0 radical (unpaired) electrons. The maximum Gasteiger partial charge on any atom is 0.416 e. The summed E-state index contributed by atoms with van der Waals surface area (Å²) in [6, 6.07) is 9.51. The van der Waals surface area contributed by atoms with Crippen molar-refractivity contribution >= 4 is 21.6 Å². The smallest absolute Gasteiger partial charge is 0.336 e. The standard InChI is InChI=1S/C19H20F3N3O3S/c1-24-9-11-25(12-10-24)18(26)16-7-2-3-8-17(16)23-29(27,28)15-6-4-5-14(13-15)19(20,21)22/h2-8,13,23H,9-12H2,1H3. The summed E-state index contributed by atoms with van der Waals surface area (Å²) in [5, 5.41) is 0. The van der Waals surface area contributed by atoms with E-state index in [1.54, 1.807) is 17.0 Å². The molecule has 2 aromatic carbocycles. The second-order valence-corrected chi connectivity index (χ2v) is 8.45. The number of anilines is 1. The van der Waals surface area contributed by atoms with Crippen molar-refractivity contribution in [2.75, 3.05) is 37.9 Å². The van der Waals surface area contributed by atoms with Gasteiger partial charge in [-0.2, -0.15) is 13.2 Å². The third-order valence-electron chi connectivity index (χ3n) is 4.66. The van der Waals surface area contributed by atoms with Crippen LogP contribution in [-0.2, 0) is 16.2 Å². The molecule has 1 saturated heterocycles. The molecule has 0 atom stereocenters. The molecular weight excluding hydrogens is 407 g/mol. The van der Waals surface area contributed by atoms with Crippen LogP contribution >= 0.6 is 0 Å². The van der Waals surface area contributed by atoms with E-state index in [-0.39, 0.29) is 17.2 Å². The molecule has 0 unspecified atom stereocenters. The lowest BCUT2D eigenvalue weighted by molar-refractivity contribution is -0.137. The number of likely N-dealkylation sites (N-methyl/N-ethyl adjacent to an activating group) is 1. The summed E-state index contributed by atoms with van der Waals surface area (Å²) in [6.07, 6.45) is -4.67. The lowest BCUT2D eigenvalue weighted by Gasteiger charge is -2.32. The fourth-order valence-electron chi connectivity index (χ4n) is 2.98. The number of carbonyl (C=O) groups is 1. The summed E-state index contributed by atoms with van der Waals surface area (Å²) < 4.78 is 66.3. The number of piperazine rings is 1. The van der Waals surface area contributed by atoms with Crippen molar-refractivity contribution < 1.29 is 26.4 Å².